The Balaban J connectivity index is 3.44. The van der Waals surface area contributed by atoms with Crippen molar-refractivity contribution in [3.05, 3.63) is 12.3 Å². The Labute approximate surface area is 61.9 Å². The van der Waals surface area contributed by atoms with Crippen molar-refractivity contribution in [1.82, 2.24) is 5.32 Å². The van der Waals surface area contributed by atoms with E-state index in [1.807, 2.05) is 6.92 Å². The summed E-state index contributed by atoms with van der Waals surface area (Å²) < 4.78 is 0. The lowest BCUT2D eigenvalue weighted by molar-refractivity contribution is 0.192. The molecule has 0 aliphatic carbocycles. The van der Waals surface area contributed by atoms with Crippen molar-refractivity contribution in [3.63, 3.8) is 0 Å². The van der Waals surface area contributed by atoms with Crippen LogP contribution in [0.4, 0.5) is 0 Å². The van der Waals surface area contributed by atoms with Crippen molar-refractivity contribution in [2.75, 3.05) is 0 Å². The van der Waals surface area contributed by atoms with Crippen molar-refractivity contribution < 1.29 is 5.11 Å². The summed E-state index contributed by atoms with van der Waals surface area (Å²) in [6, 6.07) is 0. The fourth-order valence-corrected chi connectivity index (χ4v) is 0.737. The van der Waals surface area contributed by atoms with E-state index < -0.39 is 0 Å². The molecular formula is C7H16N2O. The van der Waals surface area contributed by atoms with E-state index in [0.29, 0.717) is 6.42 Å². The minimum Gasteiger partial charge on any atom is -0.393 e. The molecule has 0 aliphatic rings. The zero-order valence-corrected chi connectivity index (χ0v) is 6.59. The predicted molar refractivity (Wildman–Crippen MR) is 42.2 cm³/mol. The van der Waals surface area contributed by atoms with Gasteiger partial charge < -0.3 is 16.2 Å². The van der Waals surface area contributed by atoms with Gasteiger partial charge >= 0.3 is 0 Å². The Morgan fingerprint density at radius 3 is 2.50 bits per heavy atom. The molecule has 0 aromatic carbocycles. The van der Waals surface area contributed by atoms with Gasteiger partial charge in [-0.3, -0.25) is 0 Å². The molecule has 2 atom stereocenters. The number of aliphatic hydroxyl groups is 1. The van der Waals surface area contributed by atoms with Gasteiger partial charge in [-0.1, -0.05) is 6.58 Å². The highest BCUT2D eigenvalue weighted by molar-refractivity contribution is 4.93. The van der Waals surface area contributed by atoms with E-state index in [1.165, 1.54) is 0 Å². The third-order valence-electron chi connectivity index (χ3n) is 0.974. The molecule has 0 saturated heterocycles. The monoisotopic (exact) mass is 144 g/mol. The van der Waals surface area contributed by atoms with Gasteiger partial charge in [0.25, 0.3) is 0 Å². The van der Waals surface area contributed by atoms with Gasteiger partial charge in [-0.2, -0.15) is 0 Å². The summed E-state index contributed by atoms with van der Waals surface area (Å²) >= 11 is 0. The fourth-order valence-electron chi connectivity index (χ4n) is 0.737. The summed E-state index contributed by atoms with van der Waals surface area (Å²) in [5.74, 6) is 0. The van der Waals surface area contributed by atoms with Crippen molar-refractivity contribution in [2.24, 2.45) is 5.73 Å². The van der Waals surface area contributed by atoms with Crippen LogP contribution in [0.5, 0.6) is 0 Å². The van der Waals surface area contributed by atoms with Crippen molar-refractivity contribution in [3.8, 4) is 0 Å². The molecule has 0 radical (unpaired) electrons. The summed E-state index contributed by atoms with van der Waals surface area (Å²) in [5.41, 5.74) is 6.20. The van der Waals surface area contributed by atoms with E-state index in [9.17, 15) is 0 Å². The molecule has 4 N–H and O–H groups in total. The molecule has 0 aliphatic heterocycles. The first-order valence-electron chi connectivity index (χ1n) is 3.40. The van der Waals surface area contributed by atoms with Gasteiger partial charge in [0, 0.05) is 12.1 Å². The molecule has 0 bridgehead atoms. The maximum Gasteiger partial charge on any atom is 0.0711 e. The second-order valence-electron chi connectivity index (χ2n) is 2.59. The SMILES string of the molecule is C=C(CC(C)O)NC(C)N. The summed E-state index contributed by atoms with van der Waals surface area (Å²) in [6.07, 6.45) is 0.117. The lowest BCUT2D eigenvalue weighted by Gasteiger charge is -2.13. The topological polar surface area (TPSA) is 58.3 Å². The highest BCUT2D eigenvalue weighted by Crippen LogP contribution is 1.98. The molecule has 60 valence electrons. The zero-order valence-electron chi connectivity index (χ0n) is 6.59. The normalized spacial score (nSPS) is 16.0. The molecule has 0 fully saturated rings. The molecule has 10 heavy (non-hydrogen) atoms. The van der Waals surface area contributed by atoms with E-state index in [0.717, 1.165) is 5.70 Å². The number of nitrogens with two attached hydrogens (primary N) is 1. The van der Waals surface area contributed by atoms with Crippen LogP contribution in [0.2, 0.25) is 0 Å². The van der Waals surface area contributed by atoms with Gasteiger partial charge in [0.1, 0.15) is 0 Å². The van der Waals surface area contributed by atoms with Crippen LogP contribution in [-0.2, 0) is 0 Å². The highest BCUT2D eigenvalue weighted by Gasteiger charge is 2.00. The van der Waals surface area contributed by atoms with Crippen LogP contribution in [0.15, 0.2) is 12.3 Å². The molecule has 0 amide bonds. The third-order valence-corrected chi connectivity index (χ3v) is 0.974. The molecule has 0 rings (SSSR count). The van der Waals surface area contributed by atoms with Gasteiger partial charge in [-0.15, -0.1) is 0 Å². The number of rotatable bonds is 4. The highest BCUT2D eigenvalue weighted by atomic mass is 16.3. The molecule has 0 aromatic heterocycles. The maximum absolute atomic E-state index is 8.89. The van der Waals surface area contributed by atoms with Crippen molar-refractivity contribution in [2.45, 2.75) is 32.5 Å². The lowest BCUT2D eigenvalue weighted by atomic mass is 10.2. The molecule has 0 heterocycles. The number of hydrogen-bond donors (Lipinski definition) is 3. The van der Waals surface area contributed by atoms with Crippen LogP contribution in [-0.4, -0.2) is 17.4 Å². The van der Waals surface area contributed by atoms with Crippen LogP contribution < -0.4 is 11.1 Å². The first-order valence-corrected chi connectivity index (χ1v) is 3.40. The standard InChI is InChI=1S/C7H16N2O/c1-5(4-6(2)10)9-7(3)8/h6-7,9-10H,1,4,8H2,2-3H3. The van der Waals surface area contributed by atoms with E-state index >= 15 is 0 Å². The van der Waals surface area contributed by atoms with Gasteiger partial charge in [-0.05, 0) is 13.8 Å². The second kappa shape index (κ2) is 4.30. The first kappa shape index (κ1) is 9.46. The minimum atomic E-state index is -0.348. The van der Waals surface area contributed by atoms with Crippen LogP contribution in [0, 0.1) is 0 Å². The second-order valence-corrected chi connectivity index (χ2v) is 2.59. The Kier molecular flexibility index (Phi) is 4.07. The Morgan fingerprint density at radius 2 is 2.20 bits per heavy atom. The molecule has 3 heteroatoms. The summed E-state index contributed by atoms with van der Waals surface area (Å²) in [5, 5.41) is 11.8. The van der Waals surface area contributed by atoms with E-state index in [2.05, 4.69) is 11.9 Å². The lowest BCUT2D eigenvalue weighted by Crippen LogP contribution is -2.33. The Hall–Kier alpha value is -0.540. The van der Waals surface area contributed by atoms with E-state index in [-0.39, 0.29) is 12.3 Å². The molecule has 3 nitrogen and oxygen atoms in total. The molecule has 0 spiro atoms. The average molecular weight is 144 g/mol. The molecule has 2 unspecified atom stereocenters. The van der Waals surface area contributed by atoms with Crippen molar-refractivity contribution >= 4 is 0 Å². The minimum absolute atomic E-state index is 0.0914. The Bertz CT molecular complexity index is 98.2. The molecule has 0 saturated carbocycles. The van der Waals surface area contributed by atoms with Crippen LogP contribution in [0.1, 0.15) is 20.3 Å². The van der Waals surface area contributed by atoms with Crippen molar-refractivity contribution in [1.29, 1.82) is 0 Å². The number of aliphatic hydroxyl groups excluding tert-OH is 1. The number of hydrogen-bond acceptors (Lipinski definition) is 3. The van der Waals surface area contributed by atoms with E-state index in [4.69, 9.17) is 10.8 Å². The molecular weight excluding hydrogens is 128 g/mol. The van der Waals surface area contributed by atoms with Crippen LogP contribution in [0.3, 0.4) is 0 Å². The summed E-state index contributed by atoms with van der Waals surface area (Å²) in [4.78, 5) is 0. The van der Waals surface area contributed by atoms with Crippen LogP contribution in [0.25, 0.3) is 0 Å². The van der Waals surface area contributed by atoms with E-state index in [1.54, 1.807) is 6.92 Å². The van der Waals surface area contributed by atoms with Gasteiger partial charge in [0.2, 0.25) is 0 Å². The smallest absolute Gasteiger partial charge is 0.0711 e. The largest absolute Gasteiger partial charge is 0.393 e. The maximum atomic E-state index is 8.89. The molecule has 0 aromatic rings. The van der Waals surface area contributed by atoms with Crippen LogP contribution >= 0.6 is 0 Å². The zero-order chi connectivity index (χ0) is 8.15. The predicted octanol–water partition coefficient (Wildman–Crippen LogP) is 0.165. The third kappa shape index (κ3) is 5.59. The fraction of sp³-hybridized carbons (Fsp3) is 0.714. The summed E-state index contributed by atoms with van der Waals surface area (Å²) in [6.45, 7) is 7.23. The Morgan fingerprint density at radius 1 is 1.70 bits per heavy atom. The number of nitrogens with one attached hydrogen (secondary N) is 1. The van der Waals surface area contributed by atoms with Gasteiger partial charge in [-0.25, -0.2) is 0 Å². The average Bonchev–Trinajstić information content (AvgIpc) is 1.58. The quantitative estimate of drug-likeness (QED) is 0.493. The first-order chi connectivity index (χ1) is 4.52. The summed E-state index contributed by atoms with van der Waals surface area (Å²) in [7, 11) is 0. The van der Waals surface area contributed by atoms with Gasteiger partial charge in [0.15, 0.2) is 0 Å². The van der Waals surface area contributed by atoms with Gasteiger partial charge in [0.05, 0.1) is 12.3 Å².